The third kappa shape index (κ3) is 6.22. The summed E-state index contributed by atoms with van der Waals surface area (Å²) >= 11 is 0. The second-order valence-electron chi connectivity index (χ2n) is 6.90. The van der Waals surface area contributed by atoms with E-state index in [4.69, 9.17) is 0 Å². The molecular weight excluding hydrogens is 338 g/mol. The number of hydrogen-bond acceptors (Lipinski definition) is 3. The maximum absolute atomic E-state index is 12.4. The van der Waals surface area contributed by atoms with Gasteiger partial charge in [-0.25, -0.2) is 0 Å². The van der Waals surface area contributed by atoms with Gasteiger partial charge in [0.05, 0.1) is 0 Å². The first kappa shape index (κ1) is 19.1. The van der Waals surface area contributed by atoms with Crippen molar-refractivity contribution in [3.05, 3.63) is 71.8 Å². The standard InChI is InChI=1S/C22H27N3O2/c26-21(23-12-11-19-7-3-1-4-8-19)17-22(27)25-15-13-24(14-16-25)18-20-9-5-2-6-10-20/h1-10H,11-18H2,(H,23,26). The number of hydrogen-bond donors (Lipinski definition) is 1. The van der Waals surface area contributed by atoms with E-state index in [0.29, 0.717) is 19.6 Å². The molecule has 0 saturated carbocycles. The molecule has 3 rings (SSSR count). The summed E-state index contributed by atoms with van der Waals surface area (Å²) in [6, 6.07) is 20.4. The van der Waals surface area contributed by atoms with Crippen LogP contribution in [0.25, 0.3) is 0 Å². The second-order valence-corrected chi connectivity index (χ2v) is 6.90. The summed E-state index contributed by atoms with van der Waals surface area (Å²) in [6.07, 6.45) is 0.715. The average molecular weight is 365 g/mol. The van der Waals surface area contributed by atoms with E-state index in [9.17, 15) is 9.59 Å². The van der Waals surface area contributed by atoms with Crippen molar-refractivity contribution in [2.45, 2.75) is 19.4 Å². The fourth-order valence-electron chi connectivity index (χ4n) is 3.30. The highest BCUT2D eigenvalue weighted by atomic mass is 16.2. The van der Waals surface area contributed by atoms with Gasteiger partial charge in [-0.15, -0.1) is 0 Å². The maximum Gasteiger partial charge on any atom is 0.232 e. The molecule has 1 heterocycles. The molecule has 1 fully saturated rings. The summed E-state index contributed by atoms with van der Waals surface area (Å²) in [5, 5.41) is 2.85. The van der Waals surface area contributed by atoms with Crippen LogP contribution < -0.4 is 5.32 Å². The molecule has 0 bridgehead atoms. The first-order valence-corrected chi connectivity index (χ1v) is 9.55. The van der Waals surface area contributed by atoms with Crippen LogP contribution in [0.3, 0.4) is 0 Å². The topological polar surface area (TPSA) is 52.7 Å². The maximum atomic E-state index is 12.4. The van der Waals surface area contributed by atoms with Gasteiger partial charge in [0, 0.05) is 39.3 Å². The lowest BCUT2D eigenvalue weighted by Crippen LogP contribution is -2.49. The van der Waals surface area contributed by atoms with Crippen LogP contribution in [0, 0.1) is 0 Å². The highest BCUT2D eigenvalue weighted by Gasteiger charge is 2.22. The third-order valence-electron chi connectivity index (χ3n) is 4.86. The van der Waals surface area contributed by atoms with Crippen LogP contribution in [0.5, 0.6) is 0 Å². The van der Waals surface area contributed by atoms with Gasteiger partial charge < -0.3 is 10.2 Å². The monoisotopic (exact) mass is 365 g/mol. The minimum absolute atomic E-state index is 0.0620. The molecule has 1 aliphatic rings. The Morgan fingerprint density at radius 2 is 1.41 bits per heavy atom. The Morgan fingerprint density at radius 3 is 2.04 bits per heavy atom. The molecule has 0 aliphatic carbocycles. The van der Waals surface area contributed by atoms with E-state index in [2.05, 4.69) is 22.3 Å². The lowest BCUT2D eigenvalue weighted by molar-refractivity contribution is -0.137. The van der Waals surface area contributed by atoms with Gasteiger partial charge in [0.2, 0.25) is 11.8 Å². The molecular formula is C22H27N3O2. The van der Waals surface area contributed by atoms with Gasteiger partial charge >= 0.3 is 0 Å². The largest absolute Gasteiger partial charge is 0.355 e. The first-order valence-electron chi connectivity index (χ1n) is 9.55. The summed E-state index contributed by atoms with van der Waals surface area (Å²) in [5.74, 6) is -0.269. The van der Waals surface area contributed by atoms with Gasteiger partial charge in [0.15, 0.2) is 0 Å². The molecule has 1 N–H and O–H groups in total. The number of amides is 2. The van der Waals surface area contributed by atoms with Gasteiger partial charge in [-0.3, -0.25) is 14.5 Å². The van der Waals surface area contributed by atoms with Crippen molar-refractivity contribution < 1.29 is 9.59 Å². The quantitative estimate of drug-likeness (QED) is 0.765. The minimum Gasteiger partial charge on any atom is -0.355 e. The zero-order valence-corrected chi connectivity index (χ0v) is 15.6. The Bertz CT molecular complexity index is 726. The van der Waals surface area contributed by atoms with Crippen LogP contribution >= 0.6 is 0 Å². The van der Waals surface area contributed by atoms with Crippen LogP contribution in [0.1, 0.15) is 17.5 Å². The Kier molecular flexibility index (Phi) is 6.99. The zero-order valence-electron chi connectivity index (χ0n) is 15.6. The number of carbonyl (C=O) groups is 2. The fraction of sp³-hybridized carbons (Fsp3) is 0.364. The van der Waals surface area contributed by atoms with E-state index in [1.807, 2.05) is 48.5 Å². The Balaban J connectivity index is 1.34. The Morgan fingerprint density at radius 1 is 0.815 bits per heavy atom. The molecule has 0 radical (unpaired) electrons. The highest BCUT2D eigenvalue weighted by molar-refractivity contribution is 5.96. The van der Waals surface area contributed by atoms with E-state index in [1.54, 1.807) is 4.90 Å². The molecule has 1 aliphatic heterocycles. The van der Waals surface area contributed by atoms with E-state index in [0.717, 1.165) is 26.1 Å². The number of nitrogens with zero attached hydrogens (tertiary/aromatic N) is 2. The molecule has 27 heavy (non-hydrogen) atoms. The van der Waals surface area contributed by atoms with Crippen LogP contribution in [-0.2, 0) is 22.6 Å². The zero-order chi connectivity index (χ0) is 18.9. The normalized spacial score (nSPS) is 14.7. The third-order valence-corrected chi connectivity index (χ3v) is 4.86. The van der Waals surface area contributed by atoms with Crippen molar-refractivity contribution in [2.24, 2.45) is 0 Å². The van der Waals surface area contributed by atoms with Crippen molar-refractivity contribution in [1.82, 2.24) is 15.1 Å². The molecule has 0 spiro atoms. The SMILES string of the molecule is O=C(CC(=O)N1CCN(Cc2ccccc2)CC1)NCCc1ccccc1. The van der Waals surface area contributed by atoms with Crippen molar-refractivity contribution in [3.8, 4) is 0 Å². The first-order chi connectivity index (χ1) is 13.2. The summed E-state index contributed by atoms with van der Waals surface area (Å²) in [6.45, 7) is 4.52. The van der Waals surface area contributed by atoms with E-state index in [1.165, 1.54) is 11.1 Å². The summed E-state index contributed by atoms with van der Waals surface area (Å²) in [4.78, 5) is 28.5. The molecule has 0 atom stereocenters. The van der Waals surface area contributed by atoms with Crippen molar-refractivity contribution in [2.75, 3.05) is 32.7 Å². The molecule has 0 unspecified atom stereocenters. The van der Waals surface area contributed by atoms with Crippen LogP contribution in [0.4, 0.5) is 0 Å². The molecule has 5 nitrogen and oxygen atoms in total. The Labute approximate surface area is 161 Å². The minimum atomic E-state index is -0.192. The molecule has 5 heteroatoms. The lowest BCUT2D eigenvalue weighted by atomic mass is 10.1. The predicted molar refractivity (Wildman–Crippen MR) is 106 cm³/mol. The molecule has 142 valence electrons. The lowest BCUT2D eigenvalue weighted by Gasteiger charge is -2.34. The van der Waals surface area contributed by atoms with Crippen molar-refractivity contribution in [1.29, 1.82) is 0 Å². The molecule has 0 aromatic heterocycles. The smallest absolute Gasteiger partial charge is 0.232 e. The number of nitrogens with one attached hydrogen (secondary N) is 1. The Hall–Kier alpha value is -2.66. The predicted octanol–water partition coefficient (Wildman–Crippen LogP) is 2.08. The van der Waals surface area contributed by atoms with E-state index < -0.39 is 0 Å². The number of rotatable bonds is 7. The van der Waals surface area contributed by atoms with E-state index in [-0.39, 0.29) is 18.2 Å². The number of piperazine rings is 1. The molecule has 2 aromatic carbocycles. The molecule has 2 amide bonds. The van der Waals surface area contributed by atoms with Gasteiger partial charge in [0.1, 0.15) is 6.42 Å². The van der Waals surface area contributed by atoms with Gasteiger partial charge in [-0.05, 0) is 17.5 Å². The number of carbonyl (C=O) groups excluding carboxylic acids is 2. The average Bonchev–Trinajstić information content (AvgIpc) is 2.70. The van der Waals surface area contributed by atoms with Gasteiger partial charge in [-0.2, -0.15) is 0 Å². The summed E-state index contributed by atoms with van der Waals surface area (Å²) in [7, 11) is 0. The summed E-state index contributed by atoms with van der Waals surface area (Å²) < 4.78 is 0. The van der Waals surface area contributed by atoms with E-state index >= 15 is 0 Å². The highest BCUT2D eigenvalue weighted by Crippen LogP contribution is 2.09. The van der Waals surface area contributed by atoms with Crippen LogP contribution in [0.15, 0.2) is 60.7 Å². The van der Waals surface area contributed by atoms with Crippen LogP contribution in [0.2, 0.25) is 0 Å². The molecule has 2 aromatic rings. The van der Waals surface area contributed by atoms with Gasteiger partial charge in [0.25, 0.3) is 0 Å². The van der Waals surface area contributed by atoms with Crippen molar-refractivity contribution >= 4 is 11.8 Å². The van der Waals surface area contributed by atoms with Crippen molar-refractivity contribution in [3.63, 3.8) is 0 Å². The van der Waals surface area contributed by atoms with Crippen LogP contribution in [-0.4, -0.2) is 54.3 Å². The van der Waals surface area contributed by atoms with Gasteiger partial charge in [-0.1, -0.05) is 60.7 Å². The molecule has 1 saturated heterocycles. The second kappa shape index (κ2) is 9.88. The fourth-order valence-corrected chi connectivity index (χ4v) is 3.30. The summed E-state index contributed by atoms with van der Waals surface area (Å²) in [5.41, 5.74) is 2.47. The number of benzene rings is 2.